The number of para-hydroxylation sites is 2. The van der Waals surface area contributed by atoms with Gasteiger partial charge in [0.15, 0.2) is 17.2 Å². The van der Waals surface area contributed by atoms with Gasteiger partial charge in [0.1, 0.15) is 12.7 Å². The van der Waals surface area contributed by atoms with Crippen LogP contribution in [-0.2, 0) is 12.8 Å². The maximum absolute atomic E-state index is 12.2. The lowest BCUT2D eigenvalue weighted by Crippen LogP contribution is -2.34. The van der Waals surface area contributed by atoms with Crippen LogP contribution in [0.15, 0.2) is 24.3 Å². The zero-order valence-electron chi connectivity index (χ0n) is 12.8. The van der Waals surface area contributed by atoms with E-state index in [1.807, 2.05) is 24.3 Å². The monoisotopic (exact) mass is 313 g/mol. The number of amides is 1. The normalized spacial score (nSPS) is 18.5. The van der Waals surface area contributed by atoms with E-state index < -0.39 is 0 Å². The van der Waals surface area contributed by atoms with Crippen LogP contribution >= 0.6 is 0 Å². The Balaban J connectivity index is 1.30. The molecule has 23 heavy (non-hydrogen) atoms. The number of ether oxygens (including phenoxy) is 2. The Bertz CT molecular complexity index is 726. The van der Waals surface area contributed by atoms with Gasteiger partial charge in [0, 0.05) is 24.2 Å². The van der Waals surface area contributed by atoms with E-state index in [0.29, 0.717) is 25.3 Å². The molecule has 1 aliphatic carbocycles. The Labute approximate surface area is 134 Å². The van der Waals surface area contributed by atoms with Crippen molar-refractivity contribution in [2.24, 2.45) is 0 Å². The van der Waals surface area contributed by atoms with Crippen molar-refractivity contribution < 1.29 is 14.3 Å². The molecule has 120 valence electrons. The summed E-state index contributed by atoms with van der Waals surface area (Å²) in [5.41, 5.74) is 2.73. The van der Waals surface area contributed by atoms with Crippen molar-refractivity contribution >= 4 is 5.91 Å². The van der Waals surface area contributed by atoms with E-state index in [9.17, 15) is 4.79 Å². The van der Waals surface area contributed by atoms with Gasteiger partial charge in [-0.2, -0.15) is 5.10 Å². The van der Waals surface area contributed by atoms with Crippen molar-refractivity contribution in [2.45, 2.75) is 31.8 Å². The fourth-order valence-corrected chi connectivity index (χ4v) is 3.14. The highest BCUT2D eigenvalue weighted by Crippen LogP contribution is 2.31. The average molecular weight is 313 g/mol. The summed E-state index contributed by atoms with van der Waals surface area (Å²) >= 11 is 0. The minimum atomic E-state index is -0.110. The van der Waals surface area contributed by atoms with Crippen LogP contribution in [0.5, 0.6) is 11.5 Å². The number of carbonyl (C=O) groups is 1. The lowest BCUT2D eigenvalue weighted by Gasteiger charge is -2.26. The fraction of sp³-hybridized carbons (Fsp3) is 0.412. The van der Waals surface area contributed by atoms with E-state index in [2.05, 4.69) is 15.5 Å². The zero-order chi connectivity index (χ0) is 15.6. The predicted octanol–water partition coefficient (Wildman–Crippen LogP) is 1.86. The van der Waals surface area contributed by atoms with Gasteiger partial charge in [0.05, 0.1) is 0 Å². The van der Waals surface area contributed by atoms with Crippen LogP contribution in [0.4, 0.5) is 0 Å². The Morgan fingerprint density at radius 2 is 2.17 bits per heavy atom. The summed E-state index contributed by atoms with van der Waals surface area (Å²) in [7, 11) is 0. The molecule has 1 aliphatic heterocycles. The number of H-pyrrole nitrogens is 1. The molecule has 2 aliphatic rings. The highest BCUT2D eigenvalue weighted by molar-refractivity contribution is 5.94. The largest absolute Gasteiger partial charge is 0.486 e. The number of carbonyl (C=O) groups excluding carboxylic acids is 1. The van der Waals surface area contributed by atoms with Gasteiger partial charge < -0.3 is 14.8 Å². The summed E-state index contributed by atoms with van der Waals surface area (Å²) in [6.07, 6.45) is 3.67. The predicted molar refractivity (Wildman–Crippen MR) is 83.9 cm³/mol. The van der Waals surface area contributed by atoms with E-state index >= 15 is 0 Å². The third-order valence-electron chi connectivity index (χ3n) is 4.34. The number of aromatic nitrogens is 2. The molecule has 1 aromatic heterocycles. The average Bonchev–Trinajstić information content (AvgIpc) is 3.18. The van der Waals surface area contributed by atoms with Crippen molar-refractivity contribution in [3.63, 3.8) is 0 Å². The first-order valence-corrected chi connectivity index (χ1v) is 8.04. The molecule has 0 saturated carbocycles. The number of hydrogen-bond donors (Lipinski definition) is 2. The second-order valence-electron chi connectivity index (χ2n) is 5.93. The van der Waals surface area contributed by atoms with Gasteiger partial charge in [-0.05, 0) is 31.4 Å². The van der Waals surface area contributed by atoms with Crippen LogP contribution < -0.4 is 14.8 Å². The number of fused-ring (bicyclic) bond motifs is 2. The van der Waals surface area contributed by atoms with Crippen LogP contribution in [-0.4, -0.2) is 35.4 Å². The quantitative estimate of drug-likeness (QED) is 0.903. The third-order valence-corrected chi connectivity index (χ3v) is 4.34. The van der Waals surface area contributed by atoms with Crippen molar-refractivity contribution in [3.05, 3.63) is 41.2 Å². The highest BCUT2D eigenvalue weighted by Gasteiger charge is 2.24. The highest BCUT2D eigenvalue weighted by atomic mass is 16.6. The minimum absolute atomic E-state index is 0.0462. The van der Waals surface area contributed by atoms with Gasteiger partial charge in [0.2, 0.25) is 0 Å². The fourth-order valence-electron chi connectivity index (χ4n) is 3.14. The van der Waals surface area contributed by atoms with E-state index in [4.69, 9.17) is 9.47 Å². The molecule has 2 aromatic rings. The number of benzene rings is 1. The molecule has 6 nitrogen and oxygen atoms in total. The third kappa shape index (κ3) is 2.76. The Morgan fingerprint density at radius 3 is 3.09 bits per heavy atom. The molecule has 6 heteroatoms. The first-order chi connectivity index (χ1) is 11.3. The maximum atomic E-state index is 12.2. The summed E-state index contributed by atoms with van der Waals surface area (Å²) in [4.78, 5) is 12.2. The van der Waals surface area contributed by atoms with Gasteiger partial charge in [-0.25, -0.2) is 0 Å². The summed E-state index contributed by atoms with van der Waals surface area (Å²) in [6, 6.07) is 7.63. The minimum Gasteiger partial charge on any atom is -0.486 e. The number of hydrogen-bond acceptors (Lipinski definition) is 4. The van der Waals surface area contributed by atoms with Crippen molar-refractivity contribution in [3.8, 4) is 11.5 Å². The van der Waals surface area contributed by atoms with Gasteiger partial charge in [-0.1, -0.05) is 12.1 Å². The summed E-state index contributed by atoms with van der Waals surface area (Å²) in [5.74, 6) is 1.43. The number of nitrogens with zero attached hydrogens (tertiary/aromatic N) is 1. The molecule has 0 bridgehead atoms. The van der Waals surface area contributed by atoms with Crippen LogP contribution in [0.25, 0.3) is 0 Å². The SMILES string of the molecule is O=C(NCC[C@@H]1COc2ccccc2O1)c1n[nH]c2c1CCC2. The lowest BCUT2D eigenvalue weighted by atomic mass is 10.2. The number of rotatable bonds is 4. The second-order valence-corrected chi connectivity index (χ2v) is 5.93. The van der Waals surface area contributed by atoms with E-state index in [1.54, 1.807) is 0 Å². The molecule has 1 atom stereocenters. The lowest BCUT2D eigenvalue weighted by molar-refractivity contribution is 0.0811. The number of aromatic amines is 1. The Kier molecular flexibility index (Phi) is 3.65. The number of aryl methyl sites for hydroxylation is 1. The Morgan fingerprint density at radius 1 is 1.30 bits per heavy atom. The molecule has 0 unspecified atom stereocenters. The van der Waals surface area contributed by atoms with E-state index in [1.165, 1.54) is 0 Å². The van der Waals surface area contributed by atoms with Crippen LogP contribution in [0.2, 0.25) is 0 Å². The molecule has 1 amide bonds. The molecule has 0 fully saturated rings. The van der Waals surface area contributed by atoms with Gasteiger partial charge in [-0.3, -0.25) is 9.89 Å². The van der Waals surface area contributed by atoms with Crippen LogP contribution in [0.3, 0.4) is 0 Å². The van der Waals surface area contributed by atoms with Crippen molar-refractivity contribution in [2.75, 3.05) is 13.2 Å². The maximum Gasteiger partial charge on any atom is 0.272 e. The van der Waals surface area contributed by atoms with Crippen molar-refractivity contribution in [1.82, 2.24) is 15.5 Å². The van der Waals surface area contributed by atoms with Crippen molar-refractivity contribution in [1.29, 1.82) is 0 Å². The zero-order valence-corrected chi connectivity index (χ0v) is 12.8. The first-order valence-electron chi connectivity index (χ1n) is 8.04. The summed E-state index contributed by atoms with van der Waals surface area (Å²) in [6.45, 7) is 1.04. The summed E-state index contributed by atoms with van der Waals surface area (Å²) in [5, 5.41) is 10.0. The summed E-state index contributed by atoms with van der Waals surface area (Å²) < 4.78 is 11.6. The standard InChI is InChI=1S/C17H19N3O3/c21-17(16-12-4-3-5-13(12)19-20-16)18-9-8-11-10-22-14-6-1-2-7-15(14)23-11/h1-2,6-7,11H,3-5,8-10H2,(H,18,21)(H,19,20)/t11-/m1/s1. The molecule has 4 rings (SSSR count). The topological polar surface area (TPSA) is 76.2 Å². The van der Waals surface area contributed by atoms with Crippen LogP contribution in [0.1, 0.15) is 34.6 Å². The number of nitrogens with one attached hydrogen (secondary N) is 2. The molecule has 2 N–H and O–H groups in total. The molecule has 0 radical (unpaired) electrons. The molecular weight excluding hydrogens is 294 g/mol. The molecule has 0 saturated heterocycles. The molecule has 1 aromatic carbocycles. The molecular formula is C17H19N3O3. The smallest absolute Gasteiger partial charge is 0.272 e. The van der Waals surface area contributed by atoms with Gasteiger partial charge in [0.25, 0.3) is 5.91 Å². The van der Waals surface area contributed by atoms with Crippen LogP contribution in [0, 0.1) is 0 Å². The molecule has 2 heterocycles. The van der Waals surface area contributed by atoms with E-state index in [0.717, 1.165) is 42.0 Å². The second kappa shape index (κ2) is 5.95. The molecule has 0 spiro atoms. The van der Waals surface area contributed by atoms with E-state index in [-0.39, 0.29) is 12.0 Å². The van der Waals surface area contributed by atoms with Gasteiger partial charge in [-0.15, -0.1) is 0 Å². The Hall–Kier alpha value is -2.50. The van der Waals surface area contributed by atoms with Gasteiger partial charge >= 0.3 is 0 Å². The first kappa shape index (κ1) is 14.1.